The minimum Gasteiger partial charge on any atom is -0.496 e. The van der Waals surface area contributed by atoms with Gasteiger partial charge < -0.3 is 24.8 Å². The molecule has 30 heavy (non-hydrogen) atoms. The van der Waals surface area contributed by atoms with Gasteiger partial charge in [0.05, 0.1) is 21.3 Å². The van der Waals surface area contributed by atoms with E-state index in [0.717, 1.165) is 11.1 Å². The molecule has 0 aliphatic carbocycles. The van der Waals surface area contributed by atoms with Gasteiger partial charge in [-0.15, -0.1) is 0 Å². The zero-order valence-corrected chi connectivity index (χ0v) is 18.6. The van der Waals surface area contributed by atoms with E-state index in [2.05, 4.69) is 10.6 Å². The zero-order chi connectivity index (χ0) is 22.4. The van der Waals surface area contributed by atoms with E-state index >= 15 is 0 Å². The Hall–Kier alpha value is -3.22. The van der Waals surface area contributed by atoms with Gasteiger partial charge in [-0.2, -0.15) is 0 Å². The number of hydrogen-bond acceptors (Lipinski definition) is 5. The molecule has 0 aliphatic heterocycles. The SMILES string of the molecule is COc1cc(OC)c(NC(=O)C(=O)Nc2c(C(C)C)cccc2C(C)C)c(OC)c1. The summed E-state index contributed by atoms with van der Waals surface area (Å²) in [4.78, 5) is 25.5. The molecule has 0 atom stereocenters. The third-order valence-electron chi connectivity index (χ3n) is 4.77. The van der Waals surface area contributed by atoms with Gasteiger partial charge in [-0.25, -0.2) is 0 Å². The van der Waals surface area contributed by atoms with Crippen molar-refractivity contribution in [2.75, 3.05) is 32.0 Å². The van der Waals surface area contributed by atoms with Crippen LogP contribution in [0, 0.1) is 0 Å². The summed E-state index contributed by atoms with van der Waals surface area (Å²) in [5, 5.41) is 5.40. The van der Waals surface area contributed by atoms with Crippen LogP contribution in [0.1, 0.15) is 50.7 Å². The summed E-state index contributed by atoms with van der Waals surface area (Å²) in [5.74, 6) is -0.100. The molecule has 0 saturated carbocycles. The highest BCUT2D eigenvalue weighted by molar-refractivity contribution is 6.44. The second-order valence-electron chi connectivity index (χ2n) is 7.44. The summed E-state index contributed by atoms with van der Waals surface area (Å²) in [6, 6.07) is 9.08. The summed E-state index contributed by atoms with van der Waals surface area (Å²) in [6.07, 6.45) is 0. The molecule has 0 aromatic heterocycles. The molecular formula is C23H30N2O5. The number of benzene rings is 2. The summed E-state index contributed by atoms with van der Waals surface area (Å²) < 4.78 is 15.9. The first kappa shape index (κ1) is 23.1. The van der Waals surface area contributed by atoms with Crippen LogP contribution in [0.15, 0.2) is 30.3 Å². The number of methoxy groups -OCH3 is 3. The molecule has 7 nitrogen and oxygen atoms in total. The molecule has 0 spiro atoms. The van der Waals surface area contributed by atoms with Gasteiger partial charge in [-0.3, -0.25) is 9.59 Å². The van der Waals surface area contributed by atoms with Crippen molar-refractivity contribution >= 4 is 23.2 Å². The summed E-state index contributed by atoms with van der Waals surface area (Å²) in [5.41, 5.74) is 2.88. The molecule has 0 bridgehead atoms. The molecule has 0 aliphatic rings. The van der Waals surface area contributed by atoms with Crippen molar-refractivity contribution < 1.29 is 23.8 Å². The maximum Gasteiger partial charge on any atom is 0.314 e. The molecule has 162 valence electrons. The average molecular weight is 415 g/mol. The van der Waals surface area contributed by atoms with Gasteiger partial charge >= 0.3 is 11.8 Å². The van der Waals surface area contributed by atoms with Gasteiger partial charge in [-0.1, -0.05) is 45.9 Å². The van der Waals surface area contributed by atoms with Crippen LogP contribution in [0.5, 0.6) is 17.2 Å². The number of ether oxygens (including phenoxy) is 3. The topological polar surface area (TPSA) is 85.9 Å². The number of anilines is 2. The van der Waals surface area contributed by atoms with Gasteiger partial charge in [-0.05, 0) is 23.0 Å². The third-order valence-corrected chi connectivity index (χ3v) is 4.77. The zero-order valence-electron chi connectivity index (χ0n) is 18.6. The Bertz CT molecular complexity index is 871. The van der Waals surface area contributed by atoms with Gasteiger partial charge in [0.15, 0.2) is 0 Å². The van der Waals surface area contributed by atoms with Crippen LogP contribution in [0.4, 0.5) is 11.4 Å². The first-order chi connectivity index (χ1) is 14.2. The predicted molar refractivity (Wildman–Crippen MR) is 118 cm³/mol. The molecule has 0 fully saturated rings. The van der Waals surface area contributed by atoms with Crippen LogP contribution in [0.2, 0.25) is 0 Å². The predicted octanol–water partition coefficient (Wildman–Crippen LogP) is 4.54. The molecule has 2 N–H and O–H groups in total. The Morgan fingerprint density at radius 3 is 1.53 bits per heavy atom. The van der Waals surface area contributed by atoms with E-state index in [-0.39, 0.29) is 17.5 Å². The standard InChI is InChI=1S/C23H30N2O5/c1-13(2)16-9-8-10-17(14(3)4)20(16)24-22(26)23(27)25-21-18(29-6)11-15(28-5)12-19(21)30-7/h8-14H,1-7H3,(H,24,26)(H,25,27). The van der Waals surface area contributed by atoms with Crippen LogP contribution >= 0.6 is 0 Å². The fraction of sp³-hybridized carbons (Fsp3) is 0.391. The molecule has 7 heteroatoms. The van der Waals surface area contributed by atoms with E-state index in [1.165, 1.54) is 21.3 Å². The lowest BCUT2D eigenvalue weighted by Crippen LogP contribution is -2.30. The highest BCUT2D eigenvalue weighted by atomic mass is 16.5. The Morgan fingerprint density at radius 2 is 1.17 bits per heavy atom. The number of nitrogens with one attached hydrogen (secondary N) is 2. The average Bonchev–Trinajstić information content (AvgIpc) is 2.73. The minimum absolute atomic E-state index is 0.184. The van der Waals surface area contributed by atoms with Crippen molar-refractivity contribution in [3.05, 3.63) is 41.5 Å². The second kappa shape index (κ2) is 10.0. The number of carbonyl (C=O) groups excluding carboxylic acids is 2. The van der Waals surface area contributed by atoms with Gasteiger partial charge in [0.1, 0.15) is 22.9 Å². The molecule has 0 heterocycles. The Labute approximate surface area is 177 Å². The smallest absolute Gasteiger partial charge is 0.314 e. The monoisotopic (exact) mass is 414 g/mol. The van der Waals surface area contributed by atoms with E-state index in [1.807, 2.05) is 45.9 Å². The van der Waals surface area contributed by atoms with Crippen molar-refractivity contribution in [1.82, 2.24) is 0 Å². The van der Waals surface area contributed by atoms with Gasteiger partial charge in [0.2, 0.25) is 0 Å². The molecule has 0 saturated heterocycles. The van der Waals surface area contributed by atoms with Crippen LogP contribution in [-0.4, -0.2) is 33.1 Å². The van der Waals surface area contributed by atoms with E-state index in [4.69, 9.17) is 14.2 Å². The Morgan fingerprint density at radius 1 is 0.733 bits per heavy atom. The molecule has 2 rings (SSSR count). The largest absolute Gasteiger partial charge is 0.496 e. The van der Waals surface area contributed by atoms with Crippen molar-refractivity contribution in [3.8, 4) is 17.2 Å². The van der Waals surface area contributed by atoms with Crippen LogP contribution in [0.3, 0.4) is 0 Å². The first-order valence-electron chi connectivity index (χ1n) is 9.78. The van der Waals surface area contributed by atoms with Crippen molar-refractivity contribution in [1.29, 1.82) is 0 Å². The number of carbonyl (C=O) groups is 2. The summed E-state index contributed by atoms with van der Waals surface area (Å²) in [6.45, 7) is 8.18. The molecule has 2 aromatic carbocycles. The third kappa shape index (κ3) is 5.03. The van der Waals surface area contributed by atoms with E-state index in [9.17, 15) is 9.59 Å². The van der Waals surface area contributed by atoms with Crippen molar-refractivity contribution in [2.45, 2.75) is 39.5 Å². The van der Waals surface area contributed by atoms with Crippen LogP contribution < -0.4 is 24.8 Å². The Kier molecular flexibility index (Phi) is 7.69. The fourth-order valence-corrected chi connectivity index (χ4v) is 3.16. The van der Waals surface area contributed by atoms with Crippen LogP contribution in [0.25, 0.3) is 0 Å². The van der Waals surface area contributed by atoms with E-state index in [1.54, 1.807) is 12.1 Å². The Balaban J connectivity index is 2.34. The number of para-hydroxylation sites is 1. The lowest BCUT2D eigenvalue weighted by atomic mass is 9.92. The van der Waals surface area contributed by atoms with E-state index in [0.29, 0.717) is 22.9 Å². The van der Waals surface area contributed by atoms with Gasteiger partial charge in [0, 0.05) is 17.8 Å². The fourth-order valence-electron chi connectivity index (χ4n) is 3.16. The van der Waals surface area contributed by atoms with Gasteiger partial charge in [0.25, 0.3) is 0 Å². The lowest BCUT2D eigenvalue weighted by molar-refractivity contribution is -0.133. The number of amides is 2. The highest BCUT2D eigenvalue weighted by Gasteiger charge is 2.23. The maximum absolute atomic E-state index is 12.8. The lowest BCUT2D eigenvalue weighted by Gasteiger charge is -2.20. The molecule has 2 amide bonds. The normalized spacial score (nSPS) is 10.7. The molecule has 0 radical (unpaired) electrons. The first-order valence-corrected chi connectivity index (χ1v) is 9.78. The highest BCUT2D eigenvalue weighted by Crippen LogP contribution is 2.39. The maximum atomic E-state index is 12.8. The number of rotatable bonds is 7. The minimum atomic E-state index is -0.829. The van der Waals surface area contributed by atoms with Crippen molar-refractivity contribution in [2.24, 2.45) is 0 Å². The molecular weight excluding hydrogens is 384 g/mol. The van der Waals surface area contributed by atoms with Crippen molar-refractivity contribution in [3.63, 3.8) is 0 Å². The quantitative estimate of drug-likeness (QED) is 0.650. The summed E-state index contributed by atoms with van der Waals surface area (Å²) >= 11 is 0. The van der Waals surface area contributed by atoms with Crippen LogP contribution in [-0.2, 0) is 9.59 Å². The molecule has 2 aromatic rings. The summed E-state index contributed by atoms with van der Waals surface area (Å²) in [7, 11) is 4.42. The second-order valence-corrected chi connectivity index (χ2v) is 7.44. The number of hydrogen-bond donors (Lipinski definition) is 2. The molecule has 0 unspecified atom stereocenters. The van der Waals surface area contributed by atoms with E-state index < -0.39 is 11.8 Å².